The maximum atomic E-state index is 11.9. The third-order valence-electron chi connectivity index (χ3n) is 2.48. The third-order valence-corrected chi connectivity index (χ3v) is 2.48. The van der Waals surface area contributed by atoms with Crippen LogP contribution in [0.5, 0.6) is 0 Å². The normalized spacial score (nSPS) is 9.36. The molecular weight excluding hydrogens is 288 g/mol. The lowest BCUT2D eigenvalue weighted by Crippen LogP contribution is -2.27. The van der Waals surface area contributed by atoms with Gasteiger partial charge in [-0.15, -0.1) is 0 Å². The number of aryl methyl sites for hydroxylation is 1. The van der Waals surface area contributed by atoms with Crippen molar-refractivity contribution in [3.8, 4) is 0 Å². The second-order valence-corrected chi connectivity index (χ2v) is 4.37. The van der Waals surface area contributed by atoms with Crippen molar-refractivity contribution in [1.29, 1.82) is 0 Å². The summed E-state index contributed by atoms with van der Waals surface area (Å²) in [6.45, 7) is 6.51. The molecule has 0 saturated heterocycles. The van der Waals surface area contributed by atoms with Crippen LogP contribution in [-0.2, 0) is 19.1 Å². The van der Waals surface area contributed by atoms with Crippen molar-refractivity contribution in [3.63, 3.8) is 0 Å². The Morgan fingerprint density at radius 1 is 1.23 bits per heavy atom. The molecule has 0 bridgehead atoms. The molecule has 0 N–H and O–H groups in total. The quantitative estimate of drug-likeness (QED) is 0.201. The molecular formula is C15H16N2O5. The molecule has 0 atom stereocenters. The summed E-state index contributed by atoms with van der Waals surface area (Å²) in [5.74, 6) is -0.572. The molecule has 0 aromatic heterocycles. The molecule has 22 heavy (non-hydrogen) atoms. The molecule has 1 rings (SSSR count). The van der Waals surface area contributed by atoms with E-state index >= 15 is 0 Å². The molecule has 0 aliphatic carbocycles. The minimum absolute atomic E-state index is 0.121. The number of rotatable bonds is 6. The number of nitrogens with zero attached hydrogens (tertiary/aromatic N) is 2. The number of hydrazone groups is 1. The lowest BCUT2D eigenvalue weighted by atomic mass is 10.2. The zero-order valence-electron chi connectivity index (χ0n) is 12.4. The van der Waals surface area contributed by atoms with Crippen LogP contribution >= 0.6 is 0 Å². The molecule has 1 aromatic carbocycles. The van der Waals surface area contributed by atoms with E-state index in [-0.39, 0.29) is 18.8 Å². The van der Waals surface area contributed by atoms with Gasteiger partial charge in [-0.25, -0.2) is 14.4 Å². The van der Waals surface area contributed by atoms with Gasteiger partial charge in [-0.2, -0.15) is 5.01 Å². The second-order valence-electron chi connectivity index (χ2n) is 4.37. The highest BCUT2D eigenvalue weighted by Gasteiger charge is 2.17. The van der Waals surface area contributed by atoms with E-state index in [0.717, 1.165) is 10.6 Å². The lowest BCUT2D eigenvalue weighted by molar-refractivity contribution is -0.139. The van der Waals surface area contributed by atoms with E-state index in [4.69, 9.17) is 9.47 Å². The van der Waals surface area contributed by atoms with Gasteiger partial charge in [0.1, 0.15) is 13.2 Å². The van der Waals surface area contributed by atoms with E-state index in [2.05, 4.69) is 11.7 Å². The summed E-state index contributed by atoms with van der Waals surface area (Å²) in [6.07, 6.45) is 0.412. The molecule has 1 amide bonds. The monoisotopic (exact) mass is 304 g/mol. The van der Waals surface area contributed by atoms with Gasteiger partial charge in [0.15, 0.2) is 0 Å². The average molecular weight is 304 g/mol. The van der Waals surface area contributed by atoms with Crippen molar-refractivity contribution in [1.82, 2.24) is 0 Å². The zero-order valence-corrected chi connectivity index (χ0v) is 12.4. The van der Waals surface area contributed by atoms with Crippen LogP contribution in [0.3, 0.4) is 0 Å². The summed E-state index contributed by atoms with van der Waals surface area (Å²) in [5.41, 5.74) is 1.59. The standard InChI is InChI=1S/C15H16N2O5/c1-11(2)14(19)21-8-9-22-15(20)17(16-10-18)13-6-4-12(3)5-7-13/h4-7H,1,8-9H2,2-3H3. The Balaban J connectivity index is 2.59. The van der Waals surface area contributed by atoms with E-state index in [1.165, 1.54) is 13.0 Å². The van der Waals surface area contributed by atoms with Gasteiger partial charge in [-0.05, 0) is 26.0 Å². The van der Waals surface area contributed by atoms with Crippen LogP contribution in [-0.4, -0.2) is 31.4 Å². The van der Waals surface area contributed by atoms with Crippen LogP contribution in [0.4, 0.5) is 10.5 Å². The van der Waals surface area contributed by atoms with Crippen molar-refractivity contribution in [3.05, 3.63) is 42.0 Å². The molecule has 0 aliphatic rings. The first-order valence-electron chi connectivity index (χ1n) is 6.39. The smallest absolute Gasteiger partial charge is 0.436 e. The number of hydrogen-bond donors (Lipinski definition) is 0. The van der Waals surface area contributed by atoms with E-state index in [9.17, 15) is 14.4 Å². The van der Waals surface area contributed by atoms with Gasteiger partial charge in [0, 0.05) is 5.57 Å². The Kier molecular flexibility index (Phi) is 6.53. The zero-order chi connectivity index (χ0) is 16.5. The van der Waals surface area contributed by atoms with E-state index in [0.29, 0.717) is 5.69 Å². The first-order valence-corrected chi connectivity index (χ1v) is 6.39. The van der Waals surface area contributed by atoms with Crippen molar-refractivity contribution in [2.24, 2.45) is 5.10 Å². The van der Waals surface area contributed by atoms with Gasteiger partial charge in [0.05, 0.1) is 5.69 Å². The van der Waals surface area contributed by atoms with Gasteiger partial charge in [0.25, 0.3) is 6.08 Å². The molecule has 0 fully saturated rings. The molecule has 7 nitrogen and oxygen atoms in total. The fraction of sp³-hybridized carbons (Fsp3) is 0.267. The summed E-state index contributed by atoms with van der Waals surface area (Å²) in [6, 6.07) is 6.73. The highest BCUT2D eigenvalue weighted by molar-refractivity contribution is 5.88. The number of esters is 1. The van der Waals surface area contributed by atoms with Crippen LogP contribution in [0, 0.1) is 6.92 Å². The van der Waals surface area contributed by atoms with Gasteiger partial charge < -0.3 is 9.47 Å². The van der Waals surface area contributed by atoms with E-state index < -0.39 is 12.1 Å². The maximum absolute atomic E-state index is 11.9. The molecule has 0 heterocycles. The summed E-state index contributed by atoms with van der Waals surface area (Å²) in [4.78, 5) is 33.4. The fourth-order valence-corrected chi connectivity index (χ4v) is 1.38. The molecule has 116 valence electrons. The molecule has 1 aromatic rings. The Morgan fingerprint density at radius 2 is 1.82 bits per heavy atom. The van der Waals surface area contributed by atoms with Crippen LogP contribution in [0.2, 0.25) is 0 Å². The van der Waals surface area contributed by atoms with Crippen LogP contribution in [0.25, 0.3) is 0 Å². The van der Waals surface area contributed by atoms with E-state index in [1.54, 1.807) is 24.3 Å². The number of amides is 1. The molecule has 0 unspecified atom stereocenters. The number of ether oxygens (including phenoxy) is 2. The fourth-order valence-electron chi connectivity index (χ4n) is 1.38. The largest absolute Gasteiger partial charge is 0.459 e. The van der Waals surface area contributed by atoms with Gasteiger partial charge in [0.2, 0.25) is 0 Å². The van der Waals surface area contributed by atoms with Gasteiger partial charge in [-0.3, -0.25) is 0 Å². The van der Waals surface area contributed by atoms with E-state index in [1.807, 2.05) is 6.92 Å². The maximum Gasteiger partial charge on any atom is 0.436 e. The molecule has 0 aliphatic heterocycles. The van der Waals surface area contributed by atoms with Crippen molar-refractivity contribution in [2.45, 2.75) is 13.8 Å². The number of carbonyl (C=O) groups is 2. The average Bonchev–Trinajstić information content (AvgIpc) is 2.49. The van der Waals surface area contributed by atoms with Crippen molar-refractivity contribution >= 4 is 23.8 Å². The van der Waals surface area contributed by atoms with Crippen molar-refractivity contribution < 1.29 is 23.9 Å². The number of isocyanates is 1. The van der Waals surface area contributed by atoms with Crippen LogP contribution < -0.4 is 5.01 Å². The highest BCUT2D eigenvalue weighted by Crippen LogP contribution is 2.16. The summed E-state index contributed by atoms with van der Waals surface area (Å²) >= 11 is 0. The molecule has 0 radical (unpaired) electrons. The SMILES string of the molecule is C=C(C)C(=O)OCCOC(=O)N(N=C=O)c1ccc(C)cc1. The van der Waals surface area contributed by atoms with Crippen LogP contribution in [0.15, 0.2) is 41.5 Å². The molecule has 7 heteroatoms. The summed E-state index contributed by atoms with van der Waals surface area (Å²) < 4.78 is 9.65. The Bertz CT molecular complexity index is 603. The predicted molar refractivity (Wildman–Crippen MR) is 78.9 cm³/mol. The summed E-state index contributed by atoms with van der Waals surface area (Å²) in [7, 11) is 0. The third kappa shape index (κ3) is 5.22. The minimum Gasteiger partial charge on any atom is -0.459 e. The molecule has 0 spiro atoms. The number of benzene rings is 1. The second kappa shape index (κ2) is 8.39. The number of anilines is 1. The minimum atomic E-state index is -0.876. The lowest BCUT2D eigenvalue weighted by Gasteiger charge is -2.15. The first kappa shape index (κ1) is 17.1. The predicted octanol–water partition coefficient (Wildman–Crippen LogP) is 2.31. The Labute approximate surface area is 127 Å². The first-order chi connectivity index (χ1) is 10.5. The number of carbonyl (C=O) groups excluding carboxylic acids is 3. The highest BCUT2D eigenvalue weighted by atomic mass is 16.6. The van der Waals surface area contributed by atoms with Gasteiger partial charge in [-0.1, -0.05) is 29.4 Å². The topological polar surface area (TPSA) is 85.3 Å². The number of hydrogen-bond acceptors (Lipinski definition) is 6. The van der Waals surface area contributed by atoms with Crippen molar-refractivity contribution in [2.75, 3.05) is 18.2 Å². The van der Waals surface area contributed by atoms with Crippen LogP contribution in [0.1, 0.15) is 12.5 Å². The van der Waals surface area contributed by atoms with Gasteiger partial charge >= 0.3 is 12.1 Å². The summed E-state index contributed by atoms with van der Waals surface area (Å²) in [5, 5.41) is 4.07. The Hall–Kier alpha value is -2.92. The Morgan fingerprint density at radius 3 is 2.36 bits per heavy atom. The molecule has 0 saturated carbocycles.